The number of amides is 2. The third-order valence-electron chi connectivity index (χ3n) is 4.30. The third-order valence-corrected chi connectivity index (χ3v) is 5.12. The average Bonchev–Trinajstić information content (AvgIpc) is 3.09. The van der Waals surface area contributed by atoms with Gasteiger partial charge < -0.3 is 10.6 Å². The van der Waals surface area contributed by atoms with Crippen molar-refractivity contribution in [1.82, 2.24) is 10.3 Å². The van der Waals surface area contributed by atoms with E-state index in [1.54, 1.807) is 24.4 Å². The monoisotopic (exact) mass is 369 g/mol. The van der Waals surface area contributed by atoms with Gasteiger partial charge in [-0.05, 0) is 25.0 Å². The third kappa shape index (κ3) is 4.50. The van der Waals surface area contributed by atoms with Crippen molar-refractivity contribution in [3.63, 3.8) is 0 Å². The fourth-order valence-corrected chi connectivity index (χ4v) is 3.76. The Bertz CT molecular complexity index is 718. The summed E-state index contributed by atoms with van der Waals surface area (Å²) < 4.78 is 39.3. The molecule has 0 spiro atoms. The van der Waals surface area contributed by atoms with Crippen LogP contribution in [0.3, 0.4) is 0 Å². The van der Waals surface area contributed by atoms with E-state index in [-0.39, 0.29) is 6.42 Å². The van der Waals surface area contributed by atoms with E-state index in [0.29, 0.717) is 24.9 Å². The van der Waals surface area contributed by atoms with Crippen LogP contribution >= 0.6 is 11.3 Å². The number of carbonyl (C=O) groups is 1. The molecule has 2 atom stereocenters. The van der Waals surface area contributed by atoms with E-state index in [0.717, 1.165) is 10.6 Å². The Kier molecular flexibility index (Phi) is 5.27. The van der Waals surface area contributed by atoms with Crippen LogP contribution < -0.4 is 10.6 Å². The summed E-state index contributed by atoms with van der Waals surface area (Å²) in [5, 5.41) is 7.78. The Balaban J connectivity index is 1.65. The molecule has 2 N–H and O–H groups in total. The second kappa shape index (κ2) is 7.43. The van der Waals surface area contributed by atoms with Gasteiger partial charge in [0.25, 0.3) is 0 Å². The standard InChI is InChI=1S/C17H18F3N3OS/c18-17(19,20)13-6-1-2-7-14(13)23-16(24)22-12-5-3-4-11(10-12)15-21-8-9-25-15/h3-5,8-10,13-14H,1-2,6-7H2,(H2,22,23,24)/t13-,14-/m1/s1. The van der Waals surface area contributed by atoms with Gasteiger partial charge in [-0.25, -0.2) is 9.78 Å². The van der Waals surface area contributed by atoms with Gasteiger partial charge in [-0.1, -0.05) is 25.0 Å². The van der Waals surface area contributed by atoms with E-state index in [1.807, 2.05) is 11.4 Å². The zero-order chi connectivity index (χ0) is 17.9. The van der Waals surface area contributed by atoms with Crippen molar-refractivity contribution < 1.29 is 18.0 Å². The average molecular weight is 369 g/mol. The SMILES string of the molecule is O=C(Nc1cccc(-c2nccs2)c1)N[C@@H]1CCCC[C@H]1C(F)(F)F. The van der Waals surface area contributed by atoms with Gasteiger partial charge in [0.15, 0.2) is 0 Å². The van der Waals surface area contributed by atoms with Crippen LogP contribution in [0.5, 0.6) is 0 Å². The molecule has 25 heavy (non-hydrogen) atoms. The molecule has 1 heterocycles. The number of rotatable bonds is 3. The number of halogens is 3. The molecule has 1 aliphatic rings. The van der Waals surface area contributed by atoms with Crippen molar-refractivity contribution in [3.05, 3.63) is 35.8 Å². The topological polar surface area (TPSA) is 54.0 Å². The van der Waals surface area contributed by atoms with Gasteiger partial charge in [0.1, 0.15) is 5.01 Å². The summed E-state index contributed by atoms with van der Waals surface area (Å²) in [4.78, 5) is 16.4. The molecule has 2 amide bonds. The van der Waals surface area contributed by atoms with Crippen LogP contribution in [0.25, 0.3) is 10.6 Å². The molecule has 134 valence electrons. The van der Waals surface area contributed by atoms with Crippen LogP contribution in [0.15, 0.2) is 35.8 Å². The summed E-state index contributed by atoms with van der Waals surface area (Å²) in [6.07, 6.45) is -0.960. The quantitative estimate of drug-likeness (QED) is 0.795. The number of thiazole rings is 1. The van der Waals surface area contributed by atoms with Crippen LogP contribution in [0.1, 0.15) is 25.7 Å². The van der Waals surface area contributed by atoms with Crippen molar-refractivity contribution >= 4 is 23.1 Å². The minimum Gasteiger partial charge on any atom is -0.335 e. The highest BCUT2D eigenvalue weighted by atomic mass is 32.1. The van der Waals surface area contributed by atoms with Gasteiger partial charge in [0.2, 0.25) is 0 Å². The van der Waals surface area contributed by atoms with Crippen molar-refractivity contribution in [2.24, 2.45) is 5.92 Å². The first-order valence-corrected chi connectivity index (χ1v) is 8.95. The maximum absolute atomic E-state index is 13.1. The Labute approximate surface area is 147 Å². The fourth-order valence-electron chi connectivity index (χ4n) is 3.13. The van der Waals surface area contributed by atoms with Crippen molar-refractivity contribution in [1.29, 1.82) is 0 Å². The molecule has 1 fully saturated rings. The zero-order valence-corrected chi connectivity index (χ0v) is 14.2. The minimum absolute atomic E-state index is 0.0635. The maximum atomic E-state index is 13.1. The van der Waals surface area contributed by atoms with Crippen LogP contribution in [-0.4, -0.2) is 23.2 Å². The van der Waals surface area contributed by atoms with Crippen molar-refractivity contribution in [2.45, 2.75) is 37.9 Å². The van der Waals surface area contributed by atoms with Crippen LogP contribution in [-0.2, 0) is 0 Å². The Morgan fingerprint density at radius 1 is 1.24 bits per heavy atom. The molecule has 4 nitrogen and oxygen atoms in total. The molecule has 0 bridgehead atoms. The molecule has 0 aliphatic heterocycles. The Hall–Kier alpha value is -2.09. The normalized spacial score (nSPS) is 20.9. The lowest BCUT2D eigenvalue weighted by atomic mass is 9.84. The highest BCUT2D eigenvalue weighted by Gasteiger charge is 2.45. The summed E-state index contributed by atoms with van der Waals surface area (Å²) in [6.45, 7) is 0. The maximum Gasteiger partial charge on any atom is 0.393 e. The molecule has 2 aromatic rings. The first kappa shape index (κ1) is 17.7. The number of nitrogens with one attached hydrogen (secondary N) is 2. The van der Waals surface area contributed by atoms with Gasteiger partial charge in [-0.15, -0.1) is 11.3 Å². The summed E-state index contributed by atoms with van der Waals surface area (Å²) >= 11 is 1.47. The van der Waals surface area contributed by atoms with Crippen molar-refractivity contribution in [2.75, 3.05) is 5.32 Å². The van der Waals surface area contributed by atoms with Gasteiger partial charge in [-0.2, -0.15) is 13.2 Å². The lowest BCUT2D eigenvalue weighted by Crippen LogP contribution is -2.48. The predicted octanol–water partition coefficient (Wildman–Crippen LogP) is 5.05. The number of hydrogen-bond acceptors (Lipinski definition) is 3. The predicted molar refractivity (Wildman–Crippen MR) is 91.5 cm³/mol. The minimum atomic E-state index is -4.29. The van der Waals surface area contributed by atoms with E-state index < -0.39 is 24.2 Å². The second-order valence-electron chi connectivity index (χ2n) is 6.06. The number of nitrogens with zero attached hydrogens (tertiary/aromatic N) is 1. The summed E-state index contributed by atoms with van der Waals surface area (Å²) in [7, 11) is 0. The zero-order valence-electron chi connectivity index (χ0n) is 13.3. The molecule has 1 aliphatic carbocycles. The lowest BCUT2D eigenvalue weighted by molar-refractivity contribution is -0.187. The molecule has 3 rings (SSSR count). The number of alkyl halides is 3. The Morgan fingerprint density at radius 2 is 2.04 bits per heavy atom. The highest BCUT2D eigenvalue weighted by Crippen LogP contribution is 2.37. The molecule has 0 radical (unpaired) electrons. The van der Waals surface area contributed by atoms with Crippen LogP contribution in [0.4, 0.5) is 23.7 Å². The number of urea groups is 1. The number of hydrogen-bond donors (Lipinski definition) is 2. The van der Waals surface area contributed by atoms with Crippen molar-refractivity contribution in [3.8, 4) is 10.6 Å². The van der Waals surface area contributed by atoms with E-state index in [2.05, 4.69) is 15.6 Å². The molecule has 0 unspecified atom stereocenters. The molecule has 1 aromatic heterocycles. The first-order chi connectivity index (χ1) is 11.9. The largest absolute Gasteiger partial charge is 0.393 e. The first-order valence-electron chi connectivity index (χ1n) is 8.07. The summed E-state index contributed by atoms with van der Waals surface area (Å²) in [5.74, 6) is -1.48. The van der Waals surface area contributed by atoms with Gasteiger partial charge in [0, 0.05) is 28.9 Å². The molecule has 0 saturated heterocycles. The van der Waals surface area contributed by atoms with Crippen LogP contribution in [0.2, 0.25) is 0 Å². The number of benzene rings is 1. The molecular formula is C17H18F3N3OS. The van der Waals surface area contributed by atoms with Gasteiger partial charge in [-0.3, -0.25) is 0 Å². The number of anilines is 1. The fraction of sp³-hybridized carbons (Fsp3) is 0.412. The second-order valence-corrected chi connectivity index (χ2v) is 6.95. The molecular weight excluding hydrogens is 351 g/mol. The Morgan fingerprint density at radius 3 is 2.76 bits per heavy atom. The summed E-state index contributed by atoms with van der Waals surface area (Å²) in [6, 6.07) is 5.58. The number of carbonyl (C=O) groups excluding carboxylic acids is 1. The van der Waals surface area contributed by atoms with Crippen LogP contribution in [0, 0.1) is 5.92 Å². The van der Waals surface area contributed by atoms with E-state index >= 15 is 0 Å². The highest BCUT2D eigenvalue weighted by molar-refractivity contribution is 7.13. The molecule has 1 aromatic carbocycles. The molecule has 8 heteroatoms. The number of aromatic nitrogens is 1. The van der Waals surface area contributed by atoms with E-state index in [4.69, 9.17) is 0 Å². The van der Waals surface area contributed by atoms with Gasteiger partial charge in [0.05, 0.1) is 5.92 Å². The molecule has 1 saturated carbocycles. The summed E-state index contributed by atoms with van der Waals surface area (Å²) in [5.41, 5.74) is 1.36. The van der Waals surface area contributed by atoms with E-state index in [1.165, 1.54) is 11.3 Å². The lowest BCUT2D eigenvalue weighted by Gasteiger charge is -2.33. The van der Waals surface area contributed by atoms with E-state index in [9.17, 15) is 18.0 Å². The smallest absolute Gasteiger partial charge is 0.335 e. The van der Waals surface area contributed by atoms with Gasteiger partial charge >= 0.3 is 12.2 Å².